The van der Waals surface area contributed by atoms with Gasteiger partial charge in [-0.05, 0) is 50.3 Å². The van der Waals surface area contributed by atoms with Gasteiger partial charge in [0.25, 0.3) is 5.91 Å². The Morgan fingerprint density at radius 2 is 2.05 bits per heavy atom. The van der Waals surface area contributed by atoms with Crippen LogP contribution >= 0.6 is 11.3 Å². The maximum absolute atomic E-state index is 12.3. The first-order valence-electron chi connectivity index (χ1n) is 8.11. The fourth-order valence-electron chi connectivity index (χ4n) is 3.07. The molecule has 0 radical (unpaired) electrons. The lowest BCUT2D eigenvalue weighted by Gasteiger charge is -2.14. The molecule has 1 aromatic heterocycles. The van der Waals surface area contributed by atoms with Crippen LogP contribution in [0.2, 0.25) is 0 Å². The minimum absolute atomic E-state index is 0.103. The van der Waals surface area contributed by atoms with Gasteiger partial charge in [0, 0.05) is 18.0 Å². The molecule has 114 valence electrons. The third-order valence-electron chi connectivity index (χ3n) is 4.35. The van der Waals surface area contributed by atoms with Crippen LogP contribution in [0.15, 0.2) is 17.7 Å². The van der Waals surface area contributed by atoms with Gasteiger partial charge in [0.1, 0.15) is 0 Å². The van der Waals surface area contributed by atoms with Crippen molar-refractivity contribution in [3.63, 3.8) is 0 Å². The Labute approximate surface area is 130 Å². The molecule has 3 nitrogen and oxygen atoms in total. The van der Waals surface area contributed by atoms with Crippen LogP contribution in [-0.4, -0.2) is 25.5 Å². The number of hydrogen-bond acceptors (Lipinski definition) is 3. The Morgan fingerprint density at radius 3 is 2.86 bits per heavy atom. The van der Waals surface area contributed by atoms with Crippen molar-refractivity contribution >= 4 is 17.2 Å². The molecular weight excluding hydrogens is 280 g/mol. The molecule has 0 atom stereocenters. The zero-order valence-corrected chi connectivity index (χ0v) is 13.4. The first-order chi connectivity index (χ1) is 10.3. The third kappa shape index (κ3) is 3.95. The average Bonchev–Trinajstić information content (AvgIpc) is 2.88. The number of nitrogens with one attached hydrogen (secondary N) is 2. The largest absolute Gasteiger partial charge is 0.348 e. The van der Waals surface area contributed by atoms with Crippen LogP contribution in [0, 0.1) is 0 Å². The molecule has 1 aromatic rings. The van der Waals surface area contributed by atoms with Gasteiger partial charge < -0.3 is 10.6 Å². The molecule has 2 heterocycles. The normalized spacial score (nSPS) is 19.1. The van der Waals surface area contributed by atoms with Crippen LogP contribution in [0.5, 0.6) is 0 Å². The van der Waals surface area contributed by atoms with Gasteiger partial charge in [-0.3, -0.25) is 4.79 Å². The molecule has 0 aromatic carbocycles. The molecule has 21 heavy (non-hydrogen) atoms. The number of carbonyl (C=O) groups is 1. The Hall–Kier alpha value is -1.13. The van der Waals surface area contributed by atoms with Gasteiger partial charge in [-0.1, -0.05) is 24.5 Å². The van der Waals surface area contributed by atoms with Crippen LogP contribution in [0.4, 0.5) is 0 Å². The zero-order valence-electron chi connectivity index (χ0n) is 12.5. The molecule has 1 aliphatic heterocycles. The Kier molecular flexibility index (Phi) is 5.09. The second-order valence-corrected chi connectivity index (χ2v) is 7.11. The monoisotopic (exact) mass is 304 g/mol. The molecule has 0 saturated carbocycles. The molecule has 0 unspecified atom stereocenters. The summed E-state index contributed by atoms with van der Waals surface area (Å²) >= 11 is 1.71. The number of amides is 1. The van der Waals surface area contributed by atoms with Crippen LogP contribution in [-0.2, 0) is 12.8 Å². The van der Waals surface area contributed by atoms with E-state index in [1.807, 2.05) is 0 Å². The highest BCUT2D eigenvalue weighted by Gasteiger charge is 2.16. The second-order valence-electron chi connectivity index (χ2n) is 5.97. The van der Waals surface area contributed by atoms with Gasteiger partial charge in [0.05, 0.1) is 4.88 Å². The zero-order chi connectivity index (χ0) is 14.5. The number of rotatable bonds is 3. The predicted molar refractivity (Wildman–Crippen MR) is 88.1 cm³/mol. The minimum Gasteiger partial charge on any atom is -0.348 e. The maximum Gasteiger partial charge on any atom is 0.261 e. The van der Waals surface area contributed by atoms with Gasteiger partial charge in [-0.2, -0.15) is 0 Å². The summed E-state index contributed by atoms with van der Waals surface area (Å²) in [6.45, 7) is 2.65. The summed E-state index contributed by atoms with van der Waals surface area (Å²) in [7, 11) is 0. The lowest BCUT2D eigenvalue weighted by Crippen LogP contribution is -2.29. The highest BCUT2D eigenvalue weighted by molar-refractivity contribution is 7.14. The first kappa shape index (κ1) is 14.8. The minimum atomic E-state index is 0.103. The summed E-state index contributed by atoms with van der Waals surface area (Å²) in [5, 5.41) is 6.38. The Morgan fingerprint density at radius 1 is 1.19 bits per heavy atom. The molecule has 4 heteroatoms. The van der Waals surface area contributed by atoms with Crippen LogP contribution in [0.3, 0.4) is 0 Å². The van der Waals surface area contributed by atoms with Gasteiger partial charge >= 0.3 is 0 Å². The van der Waals surface area contributed by atoms with E-state index in [1.165, 1.54) is 41.7 Å². The fourth-order valence-corrected chi connectivity index (χ4v) is 4.24. The van der Waals surface area contributed by atoms with E-state index < -0.39 is 0 Å². The smallest absolute Gasteiger partial charge is 0.261 e. The standard InChI is InChI=1S/C17H24N2OS/c20-17(19-12-13-7-9-18-10-8-13)16-11-14-5-3-1-2-4-6-15(14)21-16/h7,11,18H,1-6,8-10,12H2,(H,19,20). The van der Waals surface area contributed by atoms with Crippen LogP contribution in [0.1, 0.15) is 52.2 Å². The number of carbonyl (C=O) groups excluding carboxylic acids is 1. The van der Waals surface area contributed by atoms with Gasteiger partial charge in [0.2, 0.25) is 0 Å². The molecule has 2 N–H and O–H groups in total. The molecule has 0 spiro atoms. The van der Waals surface area contributed by atoms with Crippen molar-refractivity contribution in [1.82, 2.24) is 10.6 Å². The van der Waals surface area contributed by atoms with Gasteiger partial charge in [-0.25, -0.2) is 0 Å². The predicted octanol–water partition coefficient (Wildman–Crippen LogP) is 3.06. The maximum atomic E-state index is 12.3. The van der Waals surface area contributed by atoms with E-state index in [0.29, 0.717) is 6.54 Å². The summed E-state index contributed by atoms with van der Waals surface area (Å²) in [5.41, 5.74) is 2.77. The van der Waals surface area contributed by atoms with Crippen LogP contribution < -0.4 is 10.6 Å². The van der Waals surface area contributed by atoms with E-state index in [1.54, 1.807) is 11.3 Å². The molecule has 0 saturated heterocycles. The quantitative estimate of drug-likeness (QED) is 0.843. The fraction of sp³-hybridized carbons (Fsp3) is 0.588. The SMILES string of the molecule is O=C(NCC1=CCNCC1)c1cc2c(s1)CCCCCC2. The van der Waals surface area contributed by atoms with E-state index in [4.69, 9.17) is 0 Å². The number of thiophene rings is 1. The van der Waals surface area contributed by atoms with Gasteiger partial charge in [-0.15, -0.1) is 11.3 Å². The molecule has 0 bridgehead atoms. The van der Waals surface area contributed by atoms with E-state index in [2.05, 4.69) is 22.8 Å². The summed E-state index contributed by atoms with van der Waals surface area (Å²) in [6.07, 6.45) is 10.7. The highest BCUT2D eigenvalue weighted by Crippen LogP contribution is 2.28. The van der Waals surface area contributed by atoms with Crippen molar-refractivity contribution in [3.8, 4) is 0 Å². The van der Waals surface area contributed by atoms with Gasteiger partial charge in [0.15, 0.2) is 0 Å². The lowest BCUT2D eigenvalue weighted by molar-refractivity contribution is 0.0960. The van der Waals surface area contributed by atoms with Crippen molar-refractivity contribution < 1.29 is 4.79 Å². The Balaban J connectivity index is 1.61. The number of hydrogen-bond donors (Lipinski definition) is 2. The summed E-state index contributed by atoms with van der Waals surface area (Å²) in [6, 6.07) is 2.14. The topological polar surface area (TPSA) is 41.1 Å². The molecule has 0 fully saturated rings. The van der Waals surface area contributed by atoms with E-state index >= 15 is 0 Å². The lowest BCUT2D eigenvalue weighted by atomic mass is 10.00. The van der Waals surface area contributed by atoms with E-state index in [9.17, 15) is 4.79 Å². The summed E-state index contributed by atoms with van der Waals surface area (Å²) < 4.78 is 0. The van der Waals surface area contributed by atoms with Crippen molar-refractivity contribution in [3.05, 3.63) is 33.0 Å². The Bertz CT molecular complexity index is 507. The average molecular weight is 304 g/mol. The summed E-state index contributed by atoms with van der Waals surface area (Å²) in [4.78, 5) is 14.7. The highest BCUT2D eigenvalue weighted by atomic mass is 32.1. The summed E-state index contributed by atoms with van der Waals surface area (Å²) in [5.74, 6) is 0.103. The molecule has 1 aliphatic carbocycles. The van der Waals surface area contributed by atoms with Crippen molar-refractivity contribution in [2.45, 2.75) is 44.9 Å². The van der Waals surface area contributed by atoms with Crippen molar-refractivity contribution in [1.29, 1.82) is 0 Å². The van der Waals surface area contributed by atoms with E-state index in [0.717, 1.165) is 37.2 Å². The van der Waals surface area contributed by atoms with Crippen molar-refractivity contribution in [2.24, 2.45) is 0 Å². The number of aryl methyl sites for hydroxylation is 2. The number of fused-ring (bicyclic) bond motifs is 1. The van der Waals surface area contributed by atoms with Crippen molar-refractivity contribution in [2.75, 3.05) is 19.6 Å². The molecule has 2 aliphatic rings. The molecular formula is C17H24N2OS. The van der Waals surface area contributed by atoms with E-state index in [-0.39, 0.29) is 5.91 Å². The second kappa shape index (κ2) is 7.23. The van der Waals surface area contributed by atoms with Crippen LogP contribution in [0.25, 0.3) is 0 Å². The third-order valence-corrected chi connectivity index (χ3v) is 5.59. The first-order valence-corrected chi connectivity index (χ1v) is 8.93. The molecule has 1 amide bonds. The molecule has 3 rings (SSSR count).